The highest BCUT2D eigenvalue weighted by molar-refractivity contribution is 7.90. The van der Waals surface area contributed by atoms with Crippen LogP contribution in [0, 0.1) is 11.8 Å². The number of carbonyl (C=O) groups excluding carboxylic acids is 1. The van der Waals surface area contributed by atoms with Gasteiger partial charge in [-0.3, -0.25) is 4.79 Å². The monoisotopic (exact) mass is 317 g/mol. The van der Waals surface area contributed by atoms with Gasteiger partial charge < -0.3 is 11.1 Å². The molecular weight excluding hydrogens is 290 g/mol. The van der Waals surface area contributed by atoms with Crippen LogP contribution in [-0.4, -0.2) is 38.7 Å². The molecule has 0 aromatic carbocycles. The van der Waals surface area contributed by atoms with Crippen LogP contribution in [-0.2, 0) is 14.8 Å². The first-order chi connectivity index (χ1) is 9.85. The van der Waals surface area contributed by atoms with Crippen LogP contribution in [0.1, 0.15) is 45.4 Å². The summed E-state index contributed by atoms with van der Waals surface area (Å²) in [5.74, 6) is 0.182. The van der Waals surface area contributed by atoms with Gasteiger partial charge in [0.2, 0.25) is 15.9 Å². The maximum Gasteiger partial charge on any atom is 0.236 e. The summed E-state index contributed by atoms with van der Waals surface area (Å²) in [7, 11) is -3.55. The van der Waals surface area contributed by atoms with E-state index in [-0.39, 0.29) is 12.1 Å². The highest BCUT2D eigenvalue weighted by atomic mass is 32.2. The van der Waals surface area contributed by atoms with E-state index in [4.69, 9.17) is 5.73 Å². The minimum Gasteiger partial charge on any atom is -0.354 e. The molecule has 2 rings (SSSR count). The van der Waals surface area contributed by atoms with Crippen LogP contribution >= 0.6 is 0 Å². The number of nitrogens with two attached hydrogens (primary N) is 1. The van der Waals surface area contributed by atoms with Gasteiger partial charge in [0.25, 0.3) is 0 Å². The lowest BCUT2D eigenvalue weighted by atomic mass is 9.88. The maximum atomic E-state index is 12.0. The predicted molar refractivity (Wildman–Crippen MR) is 82.1 cm³/mol. The maximum absolute atomic E-state index is 12.0. The summed E-state index contributed by atoms with van der Waals surface area (Å²) in [5, 5.41) is 2.62. The van der Waals surface area contributed by atoms with Gasteiger partial charge in [0, 0.05) is 18.6 Å². The molecule has 0 bridgehead atoms. The van der Waals surface area contributed by atoms with Gasteiger partial charge in [-0.15, -0.1) is 0 Å². The largest absolute Gasteiger partial charge is 0.354 e. The summed E-state index contributed by atoms with van der Waals surface area (Å²) in [6, 6.07) is -0.0721. The highest BCUT2D eigenvalue weighted by Crippen LogP contribution is 2.31. The van der Waals surface area contributed by atoms with Crippen LogP contribution in [0.25, 0.3) is 0 Å². The third-order valence-electron chi connectivity index (χ3n) is 4.45. The van der Waals surface area contributed by atoms with Crippen molar-refractivity contribution in [3.63, 3.8) is 0 Å². The van der Waals surface area contributed by atoms with Crippen molar-refractivity contribution in [1.29, 1.82) is 0 Å². The second-order valence-corrected chi connectivity index (χ2v) is 8.39. The lowest BCUT2D eigenvalue weighted by Crippen LogP contribution is -2.45. The summed E-state index contributed by atoms with van der Waals surface area (Å²) < 4.78 is 26.6. The van der Waals surface area contributed by atoms with E-state index in [0.29, 0.717) is 18.4 Å². The van der Waals surface area contributed by atoms with Gasteiger partial charge in [0.1, 0.15) is 5.75 Å². The summed E-state index contributed by atoms with van der Waals surface area (Å²) >= 11 is 0. The molecule has 2 aliphatic carbocycles. The first kappa shape index (κ1) is 16.7. The van der Waals surface area contributed by atoms with Crippen LogP contribution in [0.2, 0.25) is 0 Å². The lowest BCUT2D eigenvalue weighted by Gasteiger charge is -2.26. The molecule has 4 N–H and O–H groups in total. The van der Waals surface area contributed by atoms with E-state index in [1.807, 2.05) is 0 Å². The Morgan fingerprint density at radius 1 is 1.19 bits per heavy atom. The normalized spacial score (nSPS) is 28.1. The average molecular weight is 317 g/mol. The molecule has 0 aliphatic heterocycles. The molecule has 21 heavy (non-hydrogen) atoms. The zero-order valence-corrected chi connectivity index (χ0v) is 13.5. The Hall–Kier alpha value is -0.660. The van der Waals surface area contributed by atoms with Gasteiger partial charge in [-0.05, 0) is 50.4 Å². The van der Waals surface area contributed by atoms with Gasteiger partial charge in [0.05, 0.1) is 0 Å². The number of nitrogens with one attached hydrogen (secondary N) is 2. The van der Waals surface area contributed by atoms with Crippen molar-refractivity contribution in [1.82, 2.24) is 10.0 Å². The fourth-order valence-corrected chi connectivity index (χ4v) is 4.09. The molecule has 7 heteroatoms. The summed E-state index contributed by atoms with van der Waals surface area (Å²) in [6.07, 6.45) is 6.00. The van der Waals surface area contributed by atoms with Crippen molar-refractivity contribution >= 4 is 15.9 Å². The van der Waals surface area contributed by atoms with E-state index in [1.165, 1.54) is 0 Å². The van der Waals surface area contributed by atoms with Crippen LogP contribution in [0.15, 0.2) is 0 Å². The molecule has 1 atom stereocenters. The number of amides is 1. The van der Waals surface area contributed by atoms with Crippen molar-refractivity contribution < 1.29 is 13.2 Å². The van der Waals surface area contributed by atoms with Crippen molar-refractivity contribution in [2.24, 2.45) is 17.6 Å². The Bertz CT molecular complexity index is 454. The Balaban J connectivity index is 1.70. The fraction of sp³-hybridized carbons (Fsp3) is 0.929. The second kappa shape index (κ2) is 7.07. The molecule has 0 aromatic heterocycles. The standard InChI is InChI=1S/C14H27N3O3S/c1-10-2-6-12(7-3-10)17-21(19,20)9-14(18)16-8-13(15)11-4-5-11/h10-13,17H,2-9,15H2,1H3,(H,16,18). The summed E-state index contributed by atoms with van der Waals surface area (Å²) in [4.78, 5) is 11.7. The van der Waals surface area contributed by atoms with Crippen molar-refractivity contribution in [2.75, 3.05) is 12.3 Å². The minimum absolute atomic E-state index is 0.0206. The number of rotatable bonds is 7. The number of carbonyl (C=O) groups is 1. The number of sulfonamides is 1. The fourth-order valence-electron chi connectivity index (χ4n) is 2.82. The van der Waals surface area contributed by atoms with Crippen molar-refractivity contribution in [3.8, 4) is 0 Å². The molecule has 0 aromatic rings. The van der Waals surface area contributed by atoms with Crippen LogP contribution in [0.3, 0.4) is 0 Å². The van der Waals surface area contributed by atoms with Crippen LogP contribution < -0.4 is 15.8 Å². The predicted octanol–water partition coefficient (Wildman–Crippen LogP) is 0.338. The van der Waals surface area contributed by atoms with E-state index in [0.717, 1.165) is 38.5 Å². The van der Waals surface area contributed by atoms with E-state index in [2.05, 4.69) is 17.0 Å². The first-order valence-electron chi connectivity index (χ1n) is 7.88. The molecule has 1 amide bonds. The average Bonchev–Trinajstić information content (AvgIpc) is 3.22. The van der Waals surface area contributed by atoms with Gasteiger partial charge in [-0.2, -0.15) is 0 Å². The lowest BCUT2D eigenvalue weighted by molar-refractivity contribution is -0.118. The topological polar surface area (TPSA) is 101 Å². The third kappa shape index (κ3) is 5.92. The minimum atomic E-state index is -3.55. The van der Waals surface area contributed by atoms with Crippen LogP contribution in [0.5, 0.6) is 0 Å². The quantitative estimate of drug-likeness (QED) is 0.630. The Labute approximate surface area is 127 Å². The number of hydrogen-bond acceptors (Lipinski definition) is 4. The highest BCUT2D eigenvalue weighted by Gasteiger charge is 2.29. The van der Waals surface area contributed by atoms with Gasteiger partial charge in [-0.1, -0.05) is 6.92 Å². The zero-order valence-electron chi connectivity index (χ0n) is 12.7. The molecule has 0 spiro atoms. The summed E-state index contributed by atoms with van der Waals surface area (Å²) in [5.41, 5.74) is 5.87. The molecule has 0 saturated heterocycles. The van der Waals surface area contributed by atoms with Gasteiger partial charge >= 0.3 is 0 Å². The molecule has 2 saturated carbocycles. The van der Waals surface area contributed by atoms with E-state index in [1.54, 1.807) is 0 Å². The van der Waals surface area contributed by atoms with E-state index < -0.39 is 21.7 Å². The van der Waals surface area contributed by atoms with E-state index in [9.17, 15) is 13.2 Å². The molecular formula is C14H27N3O3S. The third-order valence-corrected chi connectivity index (χ3v) is 5.78. The molecule has 2 aliphatic rings. The molecule has 2 fully saturated rings. The van der Waals surface area contributed by atoms with Gasteiger partial charge in [-0.25, -0.2) is 13.1 Å². The second-order valence-electron chi connectivity index (χ2n) is 6.64. The van der Waals surface area contributed by atoms with Crippen LogP contribution in [0.4, 0.5) is 0 Å². The van der Waals surface area contributed by atoms with Gasteiger partial charge in [0.15, 0.2) is 0 Å². The first-order valence-corrected chi connectivity index (χ1v) is 9.53. The molecule has 122 valence electrons. The SMILES string of the molecule is CC1CCC(NS(=O)(=O)CC(=O)NCC(N)C2CC2)CC1. The molecule has 6 nitrogen and oxygen atoms in total. The molecule has 0 heterocycles. The zero-order chi connectivity index (χ0) is 15.5. The van der Waals surface area contributed by atoms with Crippen molar-refractivity contribution in [3.05, 3.63) is 0 Å². The molecule has 0 radical (unpaired) electrons. The summed E-state index contributed by atoms with van der Waals surface area (Å²) in [6.45, 7) is 2.54. The Morgan fingerprint density at radius 3 is 2.38 bits per heavy atom. The smallest absolute Gasteiger partial charge is 0.236 e. The Morgan fingerprint density at radius 2 is 1.81 bits per heavy atom. The van der Waals surface area contributed by atoms with Crippen molar-refractivity contribution in [2.45, 2.75) is 57.5 Å². The molecule has 1 unspecified atom stereocenters. The number of hydrogen-bond donors (Lipinski definition) is 3. The van der Waals surface area contributed by atoms with E-state index >= 15 is 0 Å². The Kier molecular flexibility index (Phi) is 5.62.